The van der Waals surface area contributed by atoms with E-state index in [1.807, 2.05) is 0 Å². The van der Waals surface area contributed by atoms with E-state index >= 15 is 0 Å². The van der Waals surface area contributed by atoms with Crippen LogP contribution in [0.1, 0.15) is 10.5 Å². The molecule has 7 heteroatoms. The van der Waals surface area contributed by atoms with Crippen molar-refractivity contribution < 1.29 is 9.32 Å². The minimum absolute atomic E-state index is 0.352. The van der Waals surface area contributed by atoms with Gasteiger partial charge in [0.25, 0.3) is 0 Å². The highest BCUT2D eigenvalue weighted by Crippen LogP contribution is 2.32. The molecule has 0 aliphatic heterocycles. The van der Waals surface area contributed by atoms with Gasteiger partial charge >= 0.3 is 0 Å². The van der Waals surface area contributed by atoms with Crippen LogP contribution in [0.15, 0.2) is 26.8 Å². The zero-order valence-corrected chi connectivity index (χ0v) is 10.7. The van der Waals surface area contributed by atoms with Gasteiger partial charge in [-0.2, -0.15) is 0 Å². The first-order valence-electron chi connectivity index (χ1n) is 4.61. The number of carbonyl (C=O) groups excluding carboxylic acids is 1. The van der Waals surface area contributed by atoms with Crippen LogP contribution in [0.4, 0.5) is 0 Å². The molecule has 0 bridgehead atoms. The van der Waals surface area contributed by atoms with Crippen molar-refractivity contribution in [1.29, 1.82) is 0 Å². The first-order valence-corrected chi connectivity index (χ1v) is 6.22. The summed E-state index contributed by atoms with van der Waals surface area (Å²) < 4.78 is 5.91. The van der Waals surface area contributed by atoms with Gasteiger partial charge in [-0.1, -0.05) is 5.16 Å². The third kappa shape index (κ3) is 1.77. The van der Waals surface area contributed by atoms with Gasteiger partial charge in [0.1, 0.15) is 11.2 Å². The third-order valence-corrected chi connectivity index (χ3v) is 3.65. The molecule has 3 heterocycles. The van der Waals surface area contributed by atoms with Crippen LogP contribution >= 0.6 is 27.3 Å². The summed E-state index contributed by atoms with van der Waals surface area (Å²) in [6.07, 6.45) is 2.38. The van der Waals surface area contributed by atoms with E-state index in [-0.39, 0.29) is 0 Å². The molecular formula is C10H4BrN3O2S. The Balaban J connectivity index is 2.26. The molecule has 17 heavy (non-hydrogen) atoms. The number of thiazole rings is 1. The molecule has 0 fully saturated rings. The Morgan fingerprint density at radius 1 is 1.41 bits per heavy atom. The van der Waals surface area contributed by atoms with Gasteiger partial charge in [0.2, 0.25) is 0 Å². The first kappa shape index (κ1) is 10.5. The lowest BCUT2D eigenvalue weighted by atomic mass is 10.2. The molecule has 3 aromatic rings. The number of fused-ring (bicyclic) bond motifs is 1. The van der Waals surface area contributed by atoms with Crippen LogP contribution < -0.4 is 0 Å². The molecule has 0 aliphatic rings. The average Bonchev–Trinajstić information content (AvgIpc) is 2.93. The fourth-order valence-electron chi connectivity index (χ4n) is 1.43. The van der Waals surface area contributed by atoms with Gasteiger partial charge in [0.15, 0.2) is 21.5 Å². The van der Waals surface area contributed by atoms with Gasteiger partial charge in [-0.25, -0.2) is 9.97 Å². The molecule has 3 aromatic heterocycles. The van der Waals surface area contributed by atoms with E-state index in [4.69, 9.17) is 4.52 Å². The predicted octanol–water partition coefficient (Wildman–Crippen LogP) is 2.92. The molecular weight excluding hydrogens is 306 g/mol. The monoisotopic (exact) mass is 309 g/mol. The summed E-state index contributed by atoms with van der Waals surface area (Å²) in [7, 11) is 0. The molecule has 0 amide bonds. The van der Waals surface area contributed by atoms with Gasteiger partial charge in [0, 0.05) is 6.20 Å². The summed E-state index contributed by atoms with van der Waals surface area (Å²) in [5.41, 5.74) is 2.08. The largest absolute Gasteiger partial charge is 0.354 e. The lowest BCUT2D eigenvalue weighted by Crippen LogP contribution is -1.86. The molecule has 0 aliphatic carbocycles. The number of aldehydes is 1. The maximum Gasteiger partial charge on any atom is 0.186 e. The predicted molar refractivity (Wildman–Crippen MR) is 66.0 cm³/mol. The van der Waals surface area contributed by atoms with Gasteiger partial charge < -0.3 is 4.52 Å². The van der Waals surface area contributed by atoms with Crippen molar-refractivity contribution in [2.45, 2.75) is 0 Å². The first-order chi connectivity index (χ1) is 8.28. The fourth-order valence-corrected chi connectivity index (χ4v) is 2.68. The quantitative estimate of drug-likeness (QED) is 0.681. The summed E-state index contributed by atoms with van der Waals surface area (Å²) >= 11 is 4.71. The van der Waals surface area contributed by atoms with E-state index < -0.39 is 0 Å². The van der Waals surface area contributed by atoms with Gasteiger partial charge in [-0.05, 0) is 28.1 Å². The second-order valence-corrected chi connectivity index (χ2v) is 5.52. The standard InChI is InChI=1S/C10H4BrN3O2S/c11-10-12-3-7(17-10)9-8-6(16-14-9)2-1-5(4-15)13-8/h1-4H. The highest BCUT2D eigenvalue weighted by molar-refractivity contribution is 9.11. The lowest BCUT2D eigenvalue weighted by Gasteiger charge is -1.91. The average molecular weight is 310 g/mol. The highest BCUT2D eigenvalue weighted by Gasteiger charge is 2.14. The molecule has 0 spiro atoms. The fraction of sp³-hybridized carbons (Fsp3) is 0. The zero-order chi connectivity index (χ0) is 11.8. The highest BCUT2D eigenvalue weighted by atomic mass is 79.9. The van der Waals surface area contributed by atoms with Crippen LogP contribution in [0.5, 0.6) is 0 Å². The molecule has 0 unspecified atom stereocenters. The van der Waals surface area contributed by atoms with Gasteiger partial charge in [0.05, 0.1) is 4.88 Å². The van der Waals surface area contributed by atoms with Crippen molar-refractivity contribution in [3.8, 4) is 10.6 Å². The third-order valence-electron chi connectivity index (χ3n) is 2.17. The number of nitrogens with zero attached hydrogens (tertiary/aromatic N) is 3. The summed E-state index contributed by atoms with van der Waals surface area (Å²) in [6.45, 7) is 0. The minimum atomic E-state index is 0.352. The number of hydrogen-bond acceptors (Lipinski definition) is 6. The van der Waals surface area contributed by atoms with Gasteiger partial charge in [-0.3, -0.25) is 4.79 Å². The number of aromatic nitrogens is 3. The molecule has 5 nitrogen and oxygen atoms in total. The number of pyridine rings is 1. The second kappa shape index (κ2) is 4.01. The SMILES string of the molecule is O=Cc1ccc2onc(-c3cnc(Br)s3)c2n1. The normalized spacial score (nSPS) is 10.9. The molecule has 84 valence electrons. The number of hydrogen-bond donors (Lipinski definition) is 0. The van der Waals surface area contributed by atoms with Crippen molar-refractivity contribution in [1.82, 2.24) is 15.1 Å². The molecule has 0 N–H and O–H groups in total. The Labute approximate surface area is 108 Å². The van der Waals surface area contributed by atoms with Crippen molar-refractivity contribution in [2.24, 2.45) is 0 Å². The second-order valence-electron chi connectivity index (χ2n) is 3.21. The maximum atomic E-state index is 10.7. The molecule has 3 rings (SSSR count). The van der Waals surface area contributed by atoms with Crippen molar-refractivity contribution >= 4 is 44.7 Å². The summed E-state index contributed by atoms with van der Waals surface area (Å²) in [6, 6.07) is 3.27. The molecule has 0 saturated heterocycles. The number of carbonyl (C=O) groups is 1. The van der Waals surface area contributed by atoms with Crippen LogP contribution in [0.3, 0.4) is 0 Å². The van der Waals surface area contributed by atoms with Gasteiger partial charge in [-0.15, -0.1) is 11.3 Å². The molecule has 0 saturated carbocycles. The zero-order valence-electron chi connectivity index (χ0n) is 8.25. The van der Waals surface area contributed by atoms with Crippen LogP contribution in [0, 0.1) is 0 Å². The Hall–Kier alpha value is -1.60. The molecule has 0 atom stereocenters. The van der Waals surface area contributed by atoms with E-state index in [0.717, 1.165) is 8.79 Å². The Bertz CT molecular complexity index is 706. The summed E-state index contributed by atoms with van der Waals surface area (Å²) in [5.74, 6) is 0. The van der Waals surface area contributed by atoms with Crippen molar-refractivity contribution in [3.63, 3.8) is 0 Å². The summed E-state index contributed by atoms with van der Waals surface area (Å²) in [5, 5.41) is 3.95. The van der Waals surface area contributed by atoms with E-state index in [1.54, 1.807) is 18.3 Å². The Morgan fingerprint density at radius 3 is 3.00 bits per heavy atom. The van der Waals surface area contributed by atoms with E-state index in [0.29, 0.717) is 28.8 Å². The smallest absolute Gasteiger partial charge is 0.186 e. The maximum absolute atomic E-state index is 10.7. The van der Waals surface area contributed by atoms with Crippen LogP contribution in [0.25, 0.3) is 21.7 Å². The van der Waals surface area contributed by atoms with E-state index in [2.05, 4.69) is 31.1 Å². The summed E-state index contributed by atoms with van der Waals surface area (Å²) in [4.78, 5) is 19.8. The van der Waals surface area contributed by atoms with Crippen LogP contribution in [-0.4, -0.2) is 21.4 Å². The number of halogens is 1. The minimum Gasteiger partial charge on any atom is -0.354 e. The van der Waals surface area contributed by atoms with E-state index in [1.165, 1.54) is 11.3 Å². The Morgan fingerprint density at radius 2 is 2.29 bits per heavy atom. The van der Waals surface area contributed by atoms with Crippen LogP contribution in [0.2, 0.25) is 0 Å². The topological polar surface area (TPSA) is 68.9 Å². The van der Waals surface area contributed by atoms with Crippen molar-refractivity contribution in [2.75, 3.05) is 0 Å². The lowest BCUT2D eigenvalue weighted by molar-refractivity contribution is 0.111. The number of rotatable bonds is 2. The van der Waals surface area contributed by atoms with Crippen LogP contribution in [-0.2, 0) is 0 Å². The van der Waals surface area contributed by atoms with Crippen molar-refractivity contribution in [3.05, 3.63) is 27.9 Å². The molecule has 0 radical (unpaired) electrons. The van der Waals surface area contributed by atoms with E-state index in [9.17, 15) is 4.79 Å². The Kier molecular flexibility index (Phi) is 2.49. The molecule has 0 aromatic carbocycles.